The maximum Gasteiger partial charge on any atom is 0.351 e. The summed E-state index contributed by atoms with van der Waals surface area (Å²) >= 11 is 0. The van der Waals surface area contributed by atoms with Crippen molar-refractivity contribution in [1.82, 2.24) is 4.83 Å². The van der Waals surface area contributed by atoms with Gasteiger partial charge in [-0.05, 0) is 6.08 Å². The molecule has 8 heteroatoms. The summed E-state index contributed by atoms with van der Waals surface area (Å²) in [7, 11) is -4.09. The van der Waals surface area contributed by atoms with Gasteiger partial charge < -0.3 is 0 Å². The molecule has 1 aliphatic rings. The molecule has 0 saturated heterocycles. The molecule has 0 saturated carbocycles. The molecule has 1 aromatic carbocycles. The molecule has 1 atom stereocenters. The molecule has 0 aliphatic carbocycles. The first-order valence-corrected chi connectivity index (χ1v) is 6.07. The van der Waals surface area contributed by atoms with Gasteiger partial charge >= 0.3 is 10.3 Å². The van der Waals surface area contributed by atoms with Crippen LogP contribution in [0, 0.1) is 0 Å². The zero-order valence-corrected chi connectivity index (χ0v) is 9.46. The van der Waals surface area contributed by atoms with Gasteiger partial charge in [-0.2, -0.15) is 13.5 Å². The van der Waals surface area contributed by atoms with Crippen LogP contribution >= 0.6 is 0 Å². The lowest BCUT2D eigenvalue weighted by atomic mass is 10.0. The Morgan fingerprint density at radius 2 is 2.00 bits per heavy atom. The molecule has 0 spiro atoms. The summed E-state index contributed by atoms with van der Waals surface area (Å²) in [5.41, 5.74) is -0.941. The molecule has 17 heavy (non-hydrogen) atoms. The van der Waals surface area contributed by atoms with Gasteiger partial charge in [-0.3, -0.25) is 5.84 Å². The number of nitrogens with two attached hydrogens (primary N) is 1. The van der Waals surface area contributed by atoms with Crippen molar-refractivity contribution in [2.75, 3.05) is 0 Å². The number of azo groups is 1. The summed E-state index contributed by atoms with van der Waals surface area (Å²) in [6.07, 6.45) is 2.79. The third-order valence-corrected chi connectivity index (χ3v) is 2.90. The van der Waals surface area contributed by atoms with Crippen LogP contribution in [0.15, 0.2) is 52.8 Å². The topological polar surface area (TPSA) is 106 Å². The Balaban J connectivity index is 2.43. The Labute approximate surface area is 98.2 Å². The van der Waals surface area contributed by atoms with Crippen molar-refractivity contribution in [2.45, 2.75) is 5.72 Å². The van der Waals surface area contributed by atoms with Crippen LogP contribution < -0.4 is 10.7 Å². The maximum atomic E-state index is 11.3. The molecule has 0 bridgehead atoms. The predicted molar refractivity (Wildman–Crippen MR) is 59.4 cm³/mol. The highest BCUT2D eigenvalue weighted by Crippen LogP contribution is 2.34. The third kappa shape index (κ3) is 2.39. The Hall–Kier alpha value is -1.61. The number of hydrogen-bond donors (Lipinski definition) is 2. The minimum absolute atomic E-state index is 0.538. The number of hydrazine groups is 1. The molecule has 7 nitrogen and oxygen atoms in total. The average molecular weight is 254 g/mol. The van der Waals surface area contributed by atoms with Crippen LogP contribution in [0.3, 0.4) is 0 Å². The molecule has 1 heterocycles. The van der Waals surface area contributed by atoms with Crippen LogP contribution in [0.1, 0.15) is 5.56 Å². The van der Waals surface area contributed by atoms with Gasteiger partial charge in [0.15, 0.2) is 0 Å². The van der Waals surface area contributed by atoms with Crippen molar-refractivity contribution in [3.05, 3.63) is 48.2 Å². The van der Waals surface area contributed by atoms with Crippen molar-refractivity contribution in [2.24, 2.45) is 16.1 Å². The van der Waals surface area contributed by atoms with Crippen molar-refractivity contribution < 1.29 is 12.6 Å². The van der Waals surface area contributed by atoms with Gasteiger partial charge in [0.25, 0.3) is 0 Å². The predicted octanol–water partition coefficient (Wildman–Crippen LogP) is 0.544. The average Bonchev–Trinajstić information content (AvgIpc) is 2.79. The molecular formula is C9H10N4O3S. The number of benzene rings is 1. The second-order valence-electron chi connectivity index (χ2n) is 3.25. The van der Waals surface area contributed by atoms with E-state index in [2.05, 4.69) is 10.2 Å². The molecule has 0 amide bonds. The fourth-order valence-electron chi connectivity index (χ4n) is 1.40. The van der Waals surface area contributed by atoms with Gasteiger partial charge in [-0.15, -0.1) is 9.95 Å². The summed E-state index contributed by atoms with van der Waals surface area (Å²) < 4.78 is 27.6. The molecule has 1 aromatic rings. The van der Waals surface area contributed by atoms with Crippen molar-refractivity contribution >= 4 is 10.3 Å². The van der Waals surface area contributed by atoms with E-state index >= 15 is 0 Å². The molecule has 0 radical (unpaired) electrons. The summed E-state index contributed by atoms with van der Waals surface area (Å²) in [4.78, 5) is 1.58. The van der Waals surface area contributed by atoms with E-state index in [-0.39, 0.29) is 0 Å². The first-order valence-electron chi connectivity index (χ1n) is 4.66. The van der Waals surface area contributed by atoms with E-state index in [1.54, 1.807) is 35.2 Å². The smallest absolute Gasteiger partial charge is 0.256 e. The Bertz CT molecular complexity index is 541. The summed E-state index contributed by atoms with van der Waals surface area (Å²) in [6.45, 7) is 0. The van der Waals surface area contributed by atoms with Crippen molar-refractivity contribution in [1.29, 1.82) is 0 Å². The zero-order valence-electron chi connectivity index (χ0n) is 8.65. The Morgan fingerprint density at radius 1 is 1.29 bits per heavy atom. The quantitative estimate of drug-likeness (QED) is 0.604. The first kappa shape index (κ1) is 11.9. The second kappa shape index (κ2) is 4.34. The summed E-state index contributed by atoms with van der Waals surface area (Å²) in [6, 6.07) is 8.64. The lowest BCUT2D eigenvalue weighted by molar-refractivity contribution is 0.133. The highest BCUT2D eigenvalue weighted by Gasteiger charge is 2.38. The molecule has 1 aliphatic heterocycles. The largest absolute Gasteiger partial charge is 0.351 e. The molecule has 0 aromatic heterocycles. The van der Waals surface area contributed by atoms with E-state index in [0.29, 0.717) is 5.56 Å². The highest BCUT2D eigenvalue weighted by molar-refractivity contribution is 7.84. The van der Waals surface area contributed by atoms with E-state index in [9.17, 15) is 8.42 Å². The molecule has 3 N–H and O–H groups in total. The van der Waals surface area contributed by atoms with Gasteiger partial charge in [0.2, 0.25) is 5.72 Å². The van der Waals surface area contributed by atoms with Crippen LogP contribution in [0.4, 0.5) is 0 Å². The van der Waals surface area contributed by atoms with Crippen molar-refractivity contribution in [3.63, 3.8) is 0 Å². The first-order chi connectivity index (χ1) is 8.08. The number of nitrogens with one attached hydrogen (secondary N) is 1. The zero-order chi connectivity index (χ0) is 12.4. The monoisotopic (exact) mass is 254 g/mol. The number of hydrogen-bond acceptors (Lipinski definition) is 6. The fourth-order valence-corrected chi connectivity index (χ4v) is 1.97. The van der Waals surface area contributed by atoms with Crippen LogP contribution in [-0.2, 0) is 20.2 Å². The van der Waals surface area contributed by atoms with Crippen LogP contribution in [0.5, 0.6) is 0 Å². The third-order valence-electron chi connectivity index (χ3n) is 2.14. The molecule has 90 valence electrons. The summed E-state index contributed by atoms with van der Waals surface area (Å²) in [5, 5.41) is 7.41. The van der Waals surface area contributed by atoms with Gasteiger partial charge in [-0.25, -0.2) is 4.18 Å². The molecule has 0 fully saturated rings. The van der Waals surface area contributed by atoms with Crippen LogP contribution in [-0.4, -0.2) is 8.42 Å². The lowest BCUT2D eigenvalue weighted by Gasteiger charge is -2.21. The van der Waals surface area contributed by atoms with E-state index in [1.807, 2.05) is 0 Å². The van der Waals surface area contributed by atoms with Gasteiger partial charge in [0.05, 0.1) is 6.20 Å². The van der Waals surface area contributed by atoms with Crippen LogP contribution in [0.2, 0.25) is 0 Å². The number of nitrogens with zero attached hydrogens (tertiary/aromatic N) is 2. The van der Waals surface area contributed by atoms with Crippen LogP contribution in [0.25, 0.3) is 0 Å². The highest BCUT2D eigenvalue weighted by atomic mass is 32.2. The maximum absolute atomic E-state index is 11.3. The molecule has 2 rings (SSSR count). The lowest BCUT2D eigenvalue weighted by Crippen LogP contribution is -2.38. The fraction of sp³-hybridized carbons (Fsp3) is 0.111. The second-order valence-corrected chi connectivity index (χ2v) is 4.56. The summed E-state index contributed by atoms with van der Waals surface area (Å²) in [5.74, 6) is 4.86. The number of rotatable bonds is 4. The van der Waals surface area contributed by atoms with E-state index < -0.39 is 16.0 Å². The SMILES string of the molecule is NNS(=O)(=O)OC1(c2ccccc2)C=CN=N1. The van der Waals surface area contributed by atoms with Gasteiger partial charge in [0, 0.05) is 5.56 Å². The Morgan fingerprint density at radius 3 is 2.53 bits per heavy atom. The Kier molecular flexibility index (Phi) is 3.03. The standard InChI is InChI=1S/C9H10N4O3S/c10-13-17(14,15)16-9(6-7-11-12-9)8-4-2-1-3-5-8/h1-7,13H,10H2. The molecular weight excluding hydrogens is 244 g/mol. The van der Waals surface area contributed by atoms with E-state index in [0.717, 1.165) is 0 Å². The minimum atomic E-state index is -4.09. The van der Waals surface area contributed by atoms with E-state index in [4.69, 9.17) is 10.0 Å². The minimum Gasteiger partial charge on any atom is -0.256 e. The van der Waals surface area contributed by atoms with Gasteiger partial charge in [-0.1, -0.05) is 30.3 Å². The normalized spacial score (nSPS) is 23.1. The van der Waals surface area contributed by atoms with E-state index in [1.165, 1.54) is 12.3 Å². The van der Waals surface area contributed by atoms with Crippen molar-refractivity contribution in [3.8, 4) is 0 Å². The molecule has 1 unspecified atom stereocenters. The van der Waals surface area contributed by atoms with Gasteiger partial charge in [0.1, 0.15) is 0 Å².